The first kappa shape index (κ1) is 13.3. The zero-order valence-electron chi connectivity index (χ0n) is 10.8. The van der Waals surface area contributed by atoms with Gasteiger partial charge in [-0.1, -0.05) is 13.3 Å². The number of urea groups is 1. The summed E-state index contributed by atoms with van der Waals surface area (Å²) in [5.41, 5.74) is 0. The van der Waals surface area contributed by atoms with Gasteiger partial charge >= 0.3 is 6.03 Å². The summed E-state index contributed by atoms with van der Waals surface area (Å²) in [4.78, 5) is 15.9. The lowest BCUT2D eigenvalue weighted by Gasteiger charge is -2.19. The van der Waals surface area contributed by atoms with Gasteiger partial charge in [0.15, 0.2) is 0 Å². The molecule has 0 aromatic carbocycles. The van der Waals surface area contributed by atoms with Crippen LogP contribution in [0.3, 0.4) is 0 Å². The average molecular weight is 227 g/mol. The number of hydrogen-bond acceptors (Lipinski definition) is 2. The van der Waals surface area contributed by atoms with Crippen molar-refractivity contribution < 1.29 is 4.79 Å². The SMILES string of the molecule is CCCCNC(=O)N1CC[C@H](CN(C)C)C1. The summed E-state index contributed by atoms with van der Waals surface area (Å²) >= 11 is 0. The van der Waals surface area contributed by atoms with Crippen LogP contribution in [0.25, 0.3) is 0 Å². The number of carbonyl (C=O) groups is 1. The van der Waals surface area contributed by atoms with Crippen molar-refractivity contribution in [3.63, 3.8) is 0 Å². The molecule has 16 heavy (non-hydrogen) atoms. The Bertz CT molecular complexity index is 218. The quantitative estimate of drug-likeness (QED) is 0.720. The monoisotopic (exact) mass is 227 g/mol. The van der Waals surface area contributed by atoms with E-state index in [1.54, 1.807) is 0 Å². The largest absolute Gasteiger partial charge is 0.338 e. The van der Waals surface area contributed by atoms with E-state index in [0.29, 0.717) is 5.92 Å². The highest BCUT2D eigenvalue weighted by Crippen LogP contribution is 2.16. The van der Waals surface area contributed by atoms with Crippen LogP contribution < -0.4 is 5.32 Å². The van der Waals surface area contributed by atoms with Crippen LogP contribution in [0.4, 0.5) is 4.79 Å². The minimum atomic E-state index is 0.120. The smallest absolute Gasteiger partial charge is 0.317 e. The van der Waals surface area contributed by atoms with Gasteiger partial charge in [0.25, 0.3) is 0 Å². The Kier molecular flexibility index (Phi) is 5.60. The number of unbranched alkanes of at least 4 members (excludes halogenated alkanes) is 1. The molecule has 1 aliphatic heterocycles. The van der Waals surface area contributed by atoms with Gasteiger partial charge in [0.1, 0.15) is 0 Å². The fourth-order valence-electron chi connectivity index (χ4n) is 2.17. The van der Waals surface area contributed by atoms with Crippen molar-refractivity contribution in [3.8, 4) is 0 Å². The van der Waals surface area contributed by atoms with Crippen LogP contribution in [0.15, 0.2) is 0 Å². The summed E-state index contributed by atoms with van der Waals surface area (Å²) in [6.45, 7) is 5.85. The maximum absolute atomic E-state index is 11.8. The van der Waals surface area contributed by atoms with E-state index in [0.717, 1.165) is 45.4 Å². The van der Waals surface area contributed by atoms with E-state index >= 15 is 0 Å². The van der Waals surface area contributed by atoms with Crippen molar-refractivity contribution in [2.75, 3.05) is 40.3 Å². The molecule has 1 heterocycles. The number of nitrogens with zero attached hydrogens (tertiary/aromatic N) is 2. The van der Waals surface area contributed by atoms with Crippen molar-refractivity contribution in [2.24, 2.45) is 5.92 Å². The highest BCUT2D eigenvalue weighted by molar-refractivity contribution is 5.74. The molecule has 1 aliphatic rings. The molecule has 0 spiro atoms. The third kappa shape index (κ3) is 4.39. The van der Waals surface area contributed by atoms with E-state index in [1.165, 1.54) is 0 Å². The number of nitrogens with one attached hydrogen (secondary N) is 1. The summed E-state index contributed by atoms with van der Waals surface area (Å²) < 4.78 is 0. The van der Waals surface area contributed by atoms with Gasteiger partial charge in [-0.15, -0.1) is 0 Å². The van der Waals surface area contributed by atoms with Crippen molar-refractivity contribution in [3.05, 3.63) is 0 Å². The number of carbonyl (C=O) groups excluding carboxylic acids is 1. The normalized spacial score (nSPS) is 20.5. The maximum Gasteiger partial charge on any atom is 0.317 e. The standard InChI is InChI=1S/C12H25N3O/c1-4-5-7-13-12(16)15-8-6-11(10-15)9-14(2)3/h11H,4-10H2,1-3H3,(H,13,16)/t11-/m1/s1. The summed E-state index contributed by atoms with van der Waals surface area (Å²) in [5.74, 6) is 0.645. The molecule has 0 unspecified atom stereocenters. The van der Waals surface area contributed by atoms with Crippen LogP contribution in [-0.4, -0.2) is 56.1 Å². The lowest BCUT2D eigenvalue weighted by molar-refractivity contribution is 0.205. The van der Waals surface area contributed by atoms with E-state index in [9.17, 15) is 4.79 Å². The molecule has 94 valence electrons. The van der Waals surface area contributed by atoms with Crippen LogP contribution in [0, 0.1) is 5.92 Å². The molecule has 0 bridgehead atoms. The molecule has 1 fully saturated rings. The fraction of sp³-hybridized carbons (Fsp3) is 0.917. The Labute approximate surface area is 99.0 Å². The first-order valence-electron chi connectivity index (χ1n) is 6.31. The van der Waals surface area contributed by atoms with Crippen molar-refractivity contribution >= 4 is 6.03 Å². The zero-order chi connectivity index (χ0) is 12.0. The molecule has 1 rings (SSSR count). The van der Waals surface area contributed by atoms with Crippen LogP contribution in [0.5, 0.6) is 0 Å². The van der Waals surface area contributed by atoms with E-state index in [2.05, 4.69) is 31.2 Å². The molecule has 0 saturated carbocycles. The second kappa shape index (κ2) is 6.74. The Morgan fingerprint density at radius 2 is 2.25 bits per heavy atom. The molecule has 1 atom stereocenters. The number of amides is 2. The number of likely N-dealkylation sites (tertiary alicyclic amines) is 1. The van der Waals surface area contributed by atoms with Crippen LogP contribution in [0.1, 0.15) is 26.2 Å². The van der Waals surface area contributed by atoms with Gasteiger partial charge in [-0.25, -0.2) is 4.79 Å². The lowest BCUT2D eigenvalue weighted by Crippen LogP contribution is -2.39. The minimum absolute atomic E-state index is 0.120. The van der Waals surface area contributed by atoms with E-state index < -0.39 is 0 Å². The van der Waals surface area contributed by atoms with Crippen molar-refractivity contribution in [1.29, 1.82) is 0 Å². The molecule has 4 nitrogen and oxygen atoms in total. The zero-order valence-corrected chi connectivity index (χ0v) is 10.8. The number of hydrogen-bond donors (Lipinski definition) is 1. The molecular weight excluding hydrogens is 202 g/mol. The molecule has 0 aliphatic carbocycles. The highest BCUT2D eigenvalue weighted by atomic mass is 16.2. The van der Waals surface area contributed by atoms with Gasteiger partial charge in [-0.2, -0.15) is 0 Å². The van der Waals surface area contributed by atoms with E-state index in [4.69, 9.17) is 0 Å². The Hall–Kier alpha value is -0.770. The maximum atomic E-state index is 11.8. The van der Waals surface area contributed by atoms with E-state index in [-0.39, 0.29) is 6.03 Å². The second-order valence-corrected chi connectivity index (χ2v) is 4.95. The van der Waals surface area contributed by atoms with Crippen molar-refractivity contribution in [1.82, 2.24) is 15.1 Å². The predicted octanol–water partition coefficient (Wildman–Crippen LogP) is 1.38. The van der Waals surface area contributed by atoms with E-state index in [1.807, 2.05) is 4.90 Å². The first-order chi connectivity index (χ1) is 7.63. The topological polar surface area (TPSA) is 35.6 Å². The van der Waals surface area contributed by atoms with Gasteiger partial charge < -0.3 is 15.1 Å². The Morgan fingerprint density at radius 3 is 2.88 bits per heavy atom. The molecule has 0 aromatic rings. The van der Waals surface area contributed by atoms with Gasteiger partial charge in [0.2, 0.25) is 0 Å². The molecule has 0 radical (unpaired) electrons. The summed E-state index contributed by atoms with van der Waals surface area (Å²) in [6, 6.07) is 0.120. The third-order valence-electron chi connectivity index (χ3n) is 3.00. The highest BCUT2D eigenvalue weighted by Gasteiger charge is 2.25. The minimum Gasteiger partial charge on any atom is -0.338 e. The van der Waals surface area contributed by atoms with Gasteiger partial charge in [-0.05, 0) is 32.9 Å². The Morgan fingerprint density at radius 1 is 1.50 bits per heavy atom. The predicted molar refractivity (Wildman–Crippen MR) is 66.5 cm³/mol. The third-order valence-corrected chi connectivity index (χ3v) is 3.00. The molecule has 1 N–H and O–H groups in total. The summed E-state index contributed by atoms with van der Waals surface area (Å²) in [7, 11) is 4.17. The van der Waals surface area contributed by atoms with Crippen LogP contribution >= 0.6 is 0 Å². The second-order valence-electron chi connectivity index (χ2n) is 4.95. The van der Waals surface area contributed by atoms with Crippen molar-refractivity contribution in [2.45, 2.75) is 26.2 Å². The van der Waals surface area contributed by atoms with Crippen LogP contribution in [-0.2, 0) is 0 Å². The summed E-state index contributed by atoms with van der Waals surface area (Å²) in [6.07, 6.45) is 3.34. The van der Waals surface area contributed by atoms with Crippen LogP contribution in [0.2, 0.25) is 0 Å². The fourth-order valence-corrected chi connectivity index (χ4v) is 2.17. The molecule has 1 saturated heterocycles. The summed E-state index contributed by atoms with van der Waals surface area (Å²) in [5, 5.41) is 2.97. The molecule has 4 heteroatoms. The molecular formula is C12H25N3O. The lowest BCUT2D eigenvalue weighted by atomic mass is 10.1. The Balaban J connectivity index is 2.21. The van der Waals surface area contributed by atoms with Gasteiger partial charge in [0.05, 0.1) is 0 Å². The molecule has 2 amide bonds. The number of rotatable bonds is 5. The average Bonchev–Trinajstić information content (AvgIpc) is 2.65. The first-order valence-corrected chi connectivity index (χ1v) is 6.31. The van der Waals surface area contributed by atoms with Gasteiger partial charge in [-0.3, -0.25) is 0 Å². The van der Waals surface area contributed by atoms with Gasteiger partial charge in [0, 0.05) is 26.2 Å². The molecule has 0 aromatic heterocycles.